The molecule has 0 saturated heterocycles. The third kappa shape index (κ3) is 5.53. The molecule has 0 amide bonds. The molecule has 264 valence electrons. The fourth-order valence-corrected chi connectivity index (χ4v) is 10.0. The molecule has 0 radical (unpaired) electrons. The molecule has 0 saturated carbocycles. The van der Waals surface area contributed by atoms with Crippen LogP contribution in [0.1, 0.15) is 127 Å². The normalized spacial score (nSPS) is 14.6. The van der Waals surface area contributed by atoms with Gasteiger partial charge >= 0.3 is 0 Å². The van der Waals surface area contributed by atoms with E-state index in [2.05, 4.69) is 125 Å². The van der Waals surface area contributed by atoms with Crippen LogP contribution < -0.4 is 0 Å². The standard InChI is InChI=1S/C50H54N2/c1-5-9-27-49(28-10-6-2)43-19-15-13-17-39(43)41-23-21-35(33-45(41)49)37-25-31-52-48-38(26-32-51-47(37)48)36-22-24-42-40-18-14-16-20-44(40)50(29-11-7-3,30-12-8-4)46(42)34-36/h13-26,31-34H,5-12,27-30H2,1-4H3. The Hall–Kier alpha value is -4.56. The van der Waals surface area contributed by atoms with Crippen molar-refractivity contribution in [3.8, 4) is 44.5 Å². The third-order valence-corrected chi connectivity index (χ3v) is 12.6. The molecule has 0 spiro atoms. The summed E-state index contributed by atoms with van der Waals surface area (Å²) in [5.41, 5.74) is 18.6. The Bertz CT molecular complexity index is 2050. The number of fused-ring (bicyclic) bond motifs is 7. The van der Waals surface area contributed by atoms with E-state index >= 15 is 0 Å². The Labute approximate surface area is 311 Å². The van der Waals surface area contributed by atoms with Crippen molar-refractivity contribution >= 4 is 11.0 Å². The Morgan fingerprint density at radius 2 is 0.750 bits per heavy atom. The van der Waals surface area contributed by atoms with E-state index in [1.807, 2.05) is 12.4 Å². The molecule has 8 rings (SSSR count). The summed E-state index contributed by atoms with van der Waals surface area (Å²) >= 11 is 0. The molecule has 2 aliphatic rings. The van der Waals surface area contributed by atoms with Crippen molar-refractivity contribution in [2.75, 3.05) is 0 Å². The van der Waals surface area contributed by atoms with Crippen LogP contribution in [0.2, 0.25) is 0 Å². The second-order valence-electron chi connectivity index (χ2n) is 15.6. The highest BCUT2D eigenvalue weighted by Gasteiger charge is 2.43. The average molecular weight is 683 g/mol. The lowest BCUT2D eigenvalue weighted by atomic mass is 9.70. The number of unbranched alkanes of at least 4 members (excludes halogenated alkanes) is 4. The van der Waals surface area contributed by atoms with E-state index in [0.29, 0.717) is 0 Å². The number of benzene rings is 4. The highest BCUT2D eigenvalue weighted by Crippen LogP contribution is 2.56. The zero-order chi connectivity index (χ0) is 35.7. The number of hydrogen-bond donors (Lipinski definition) is 0. The Balaban J connectivity index is 1.26. The highest BCUT2D eigenvalue weighted by atomic mass is 14.7. The molecular weight excluding hydrogens is 629 g/mol. The van der Waals surface area contributed by atoms with Gasteiger partial charge in [0.15, 0.2) is 0 Å². The zero-order valence-corrected chi connectivity index (χ0v) is 31.8. The minimum Gasteiger partial charge on any atom is -0.254 e. The maximum Gasteiger partial charge on any atom is 0.0971 e. The van der Waals surface area contributed by atoms with Crippen molar-refractivity contribution in [1.29, 1.82) is 0 Å². The lowest BCUT2D eigenvalue weighted by molar-refractivity contribution is 0.414. The predicted molar refractivity (Wildman–Crippen MR) is 221 cm³/mol. The molecule has 0 aliphatic heterocycles. The Morgan fingerprint density at radius 1 is 0.385 bits per heavy atom. The van der Waals surface area contributed by atoms with E-state index in [1.54, 1.807) is 0 Å². The summed E-state index contributed by atoms with van der Waals surface area (Å²) in [6.07, 6.45) is 18.5. The molecule has 0 bridgehead atoms. The molecule has 2 aromatic heterocycles. The summed E-state index contributed by atoms with van der Waals surface area (Å²) in [7, 11) is 0. The van der Waals surface area contributed by atoms with Crippen LogP contribution in [0.3, 0.4) is 0 Å². The van der Waals surface area contributed by atoms with E-state index in [1.165, 1.54) is 144 Å². The molecule has 2 nitrogen and oxygen atoms in total. The quantitative estimate of drug-likeness (QED) is 0.114. The number of nitrogens with zero attached hydrogens (tertiary/aromatic N) is 2. The minimum absolute atomic E-state index is 0.0550. The van der Waals surface area contributed by atoms with Crippen molar-refractivity contribution in [2.45, 2.75) is 116 Å². The molecule has 2 heterocycles. The number of aromatic nitrogens is 2. The van der Waals surface area contributed by atoms with Crippen molar-refractivity contribution < 1.29 is 0 Å². The van der Waals surface area contributed by atoms with E-state index < -0.39 is 0 Å². The maximum absolute atomic E-state index is 5.06. The lowest BCUT2D eigenvalue weighted by Gasteiger charge is -2.33. The number of rotatable bonds is 14. The highest BCUT2D eigenvalue weighted by molar-refractivity contribution is 6.00. The van der Waals surface area contributed by atoms with Crippen LogP contribution in [0.25, 0.3) is 55.5 Å². The van der Waals surface area contributed by atoms with E-state index in [9.17, 15) is 0 Å². The van der Waals surface area contributed by atoms with Gasteiger partial charge in [-0.25, -0.2) is 0 Å². The smallest absolute Gasteiger partial charge is 0.0971 e. The topological polar surface area (TPSA) is 25.8 Å². The van der Waals surface area contributed by atoms with E-state index in [0.717, 1.165) is 11.0 Å². The molecule has 0 atom stereocenters. The molecule has 0 unspecified atom stereocenters. The monoisotopic (exact) mass is 682 g/mol. The van der Waals surface area contributed by atoms with Crippen LogP contribution in [0.5, 0.6) is 0 Å². The zero-order valence-electron chi connectivity index (χ0n) is 31.8. The van der Waals surface area contributed by atoms with Crippen LogP contribution in [0.4, 0.5) is 0 Å². The van der Waals surface area contributed by atoms with E-state index in [-0.39, 0.29) is 10.8 Å². The Kier molecular flexibility index (Phi) is 9.60. The van der Waals surface area contributed by atoms with Crippen LogP contribution in [0, 0.1) is 0 Å². The van der Waals surface area contributed by atoms with Gasteiger partial charge in [0.2, 0.25) is 0 Å². The first-order chi connectivity index (χ1) is 25.6. The van der Waals surface area contributed by atoms with Crippen LogP contribution in [0.15, 0.2) is 109 Å². The van der Waals surface area contributed by atoms with Gasteiger partial charge in [-0.3, -0.25) is 9.97 Å². The van der Waals surface area contributed by atoms with Gasteiger partial charge in [0.05, 0.1) is 11.0 Å². The summed E-state index contributed by atoms with van der Waals surface area (Å²) in [6.45, 7) is 9.31. The summed E-state index contributed by atoms with van der Waals surface area (Å²) in [4.78, 5) is 10.1. The second kappa shape index (κ2) is 14.5. The van der Waals surface area contributed by atoms with Crippen molar-refractivity contribution in [1.82, 2.24) is 9.97 Å². The minimum atomic E-state index is 0.0550. The SMILES string of the molecule is CCCCC1(CCCC)c2ccccc2-c2ccc(-c3ccnc4c(-c5ccc6c(c5)C(CCCC)(CCCC)c5ccccc5-6)ccnc34)cc21. The molecule has 0 N–H and O–H groups in total. The van der Waals surface area contributed by atoms with Crippen LogP contribution in [-0.4, -0.2) is 9.97 Å². The van der Waals surface area contributed by atoms with Gasteiger partial charge in [-0.2, -0.15) is 0 Å². The summed E-state index contributed by atoms with van der Waals surface area (Å²) in [5, 5.41) is 0. The summed E-state index contributed by atoms with van der Waals surface area (Å²) < 4.78 is 0. The van der Waals surface area contributed by atoms with Crippen LogP contribution in [-0.2, 0) is 10.8 Å². The number of pyridine rings is 2. The molecule has 4 aromatic carbocycles. The first kappa shape index (κ1) is 34.5. The van der Waals surface area contributed by atoms with E-state index in [4.69, 9.17) is 9.97 Å². The van der Waals surface area contributed by atoms with Gasteiger partial charge < -0.3 is 0 Å². The predicted octanol–water partition coefficient (Wildman–Crippen LogP) is 14.3. The third-order valence-electron chi connectivity index (χ3n) is 12.6. The van der Waals surface area contributed by atoms with Gasteiger partial charge in [-0.05, 0) is 106 Å². The average Bonchev–Trinajstić information content (AvgIpc) is 3.63. The van der Waals surface area contributed by atoms with Gasteiger partial charge in [0.25, 0.3) is 0 Å². The van der Waals surface area contributed by atoms with Gasteiger partial charge in [0.1, 0.15) is 0 Å². The largest absolute Gasteiger partial charge is 0.254 e. The van der Waals surface area contributed by atoms with Gasteiger partial charge in [0, 0.05) is 34.4 Å². The van der Waals surface area contributed by atoms with Crippen molar-refractivity contribution in [3.05, 3.63) is 132 Å². The molecular formula is C50H54N2. The maximum atomic E-state index is 5.06. The summed E-state index contributed by atoms with van der Waals surface area (Å²) in [6, 6.07) is 37.3. The summed E-state index contributed by atoms with van der Waals surface area (Å²) in [5.74, 6) is 0. The fourth-order valence-electron chi connectivity index (χ4n) is 10.0. The lowest BCUT2D eigenvalue weighted by Crippen LogP contribution is -2.25. The molecule has 6 aromatic rings. The van der Waals surface area contributed by atoms with Gasteiger partial charge in [-0.15, -0.1) is 0 Å². The first-order valence-corrected chi connectivity index (χ1v) is 20.3. The molecule has 2 heteroatoms. The van der Waals surface area contributed by atoms with Crippen molar-refractivity contribution in [3.63, 3.8) is 0 Å². The molecule has 2 aliphatic carbocycles. The second-order valence-corrected chi connectivity index (χ2v) is 15.6. The first-order valence-electron chi connectivity index (χ1n) is 20.3. The Morgan fingerprint density at radius 3 is 1.13 bits per heavy atom. The molecule has 52 heavy (non-hydrogen) atoms. The van der Waals surface area contributed by atoms with Crippen LogP contribution >= 0.6 is 0 Å². The molecule has 0 fully saturated rings. The van der Waals surface area contributed by atoms with Crippen molar-refractivity contribution in [2.24, 2.45) is 0 Å². The number of hydrogen-bond acceptors (Lipinski definition) is 2. The fraction of sp³-hybridized carbons (Fsp3) is 0.360. The van der Waals surface area contributed by atoms with Gasteiger partial charge in [-0.1, -0.05) is 152 Å².